The summed E-state index contributed by atoms with van der Waals surface area (Å²) in [5.41, 5.74) is 9.62. The van der Waals surface area contributed by atoms with Crippen LogP contribution in [-0.4, -0.2) is 24.3 Å². The summed E-state index contributed by atoms with van der Waals surface area (Å²) in [6, 6.07) is 58.6. The fourth-order valence-electron chi connectivity index (χ4n) is 6.45. The molecule has 0 bridgehead atoms. The normalized spacial score (nSPS) is 10.7. The number of carboxylic acid groups (broad SMARTS) is 1. The van der Waals surface area contributed by atoms with Gasteiger partial charge in [0.1, 0.15) is 41.1 Å². The Kier molecular flexibility index (Phi) is 11.9. The van der Waals surface area contributed by atoms with Gasteiger partial charge < -0.3 is 24.1 Å². The Morgan fingerprint density at radius 2 is 0.893 bits per heavy atom. The highest BCUT2D eigenvalue weighted by molar-refractivity contribution is 5.84. The Morgan fingerprint density at radius 1 is 0.482 bits per heavy atom. The highest BCUT2D eigenvalue weighted by Gasteiger charge is 2.14. The molecule has 0 spiro atoms. The number of rotatable bonds is 15. The molecule has 0 unspecified atom stereocenters. The second-order valence-corrected chi connectivity index (χ2v) is 13.3. The van der Waals surface area contributed by atoms with E-state index < -0.39 is 12.6 Å². The molecule has 0 atom stereocenters. The number of carbonyl (C=O) groups is 1. The van der Waals surface area contributed by atoms with Gasteiger partial charge in [0.2, 0.25) is 0 Å². The summed E-state index contributed by atoms with van der Waals surface area (Å²) in [5.74, 6) is 3.35. The van der Waals surface area contributed by atoms with Crippen LogP contribution in [0.15, 0.2) is 181 Å². The summed E-state index contributed by atoms with van der Waals surface area (Å²) in [6.07, 6.45) is 0.767. The Labute approximate surface area is 327 Å². The Hall–Kier alpha value is -7.05. The smallest absolute Gasteiger partial charge is 0.341 e. The number of aryl methyl sites for hydroxylation is 1. The van der Waals surface area contributed by atoms with E-state index in [4.69, 9.17) is 24.1 Å². The predicted octanol–water partition coefficient (Wildman–Crippen LogP) is 12.7. The van der Waals surface area contributed by atoms with Crippen LogP contribution < -0.4 is 18.9 Å². The highest BCUT2D eigenvalue weighted by Crippen LogP contribution is 2.34. The lowest BCUT2D eigenvalue weighted by Gasteiger charge is -2.18. The van der Waals surface area contributed by atoms with E-state index in [0.717, 1.165) is 79.5 Å². The van der Waals surface area contributed by atoms with Crippen LogP contribution in [0.5, 0.6) is 34.5 Å². The van der Waals surface area contributed by atoms with Crippen LogP contribution in [0.25, 0.3) is 27.8 Å². The zero-order chi connectivity index (χ0) is 38.7. The molecule has 0 heterocycles. The third kappa shape index (κ3) is 9.54. The van der Waals surface area contributed by atoms with Crippen molar-refractivity contribution >= 4 is 11.5 Å². The average molecular weight is 739 g/mol. The van der Waals surface area contributed by atoms with Gasteiger partial charge in [0.05, 0.1) is 0 Å². The molecule has 0 saturated heterocycles. The summed E-state index contributed by atoms with van der Waals surface area (Å²) in [7, 11) is 0. The fraction of sp³-hybridized carbons (Fsp3) is 0.100. The Bertz CT molecular complexity index is 2250. The molecule has 0 amide bonds. The zero-order valence-corrected chi connectivity index (χ0v) is 31.4. The van der Waals surface area contributed by atoms with E-state index >= 15 is 0 Å². The molecule has 0 fully saturated rings. The van der Waals surface area contributed by atoms with E-state index in [9.17, 15) is 4.79 Å². The molecule has 7 aromatic rings. The topological polar surface area (TPSA) is 74.2 Å². The molecule has 0 aliphatic rings. The van der Waals surface area contributed by atoms with Crippen molar-refractivity contribution in [2.75, 3.05) is 13.2 Å². The van der Waals surface area contributed by atoms with Crippen molar-refractivity contribution in [3.63, 3.8) is 0 Å². The predicted molar refractivity (Wildman–Crippen MR) is 223 cm³/mol. The van der Waals surface area contributed by atoms with E-state index in [-0.39, 0.29) is 0 Å². The first-order valence-corrected chi connectivity index (χ1v) is 18.6. The van der Waals surface area contributed by atoms with Crippen molar-refractivity contribution in [3.05, 3.63) is 198 Å². The van der Waals surface area contributed by atoms with Gasteiger partial charge in [0, 0.05) is 0 Å². The molecule has 7 aromatic carbocycles. The van der Waals surface area contributed by atoms with Crippen LogP contribution >= 0.6 is 0 Å². The first-order chi connectivity index (χ1) is 27.4. The van der Waals surface area contributed by atoms with Crippen LogP contribution in [0.4, 0.5) is 0 Å². The lowest BCUT2D eigenvalue weighted by molar-refractivity contribution is -0.139. The van der Waals surface area contributed by atoms with Gasteiger partial charge >= 0.3 is 5.97 Å². The summed E-state index contributed by atoms with van der Waals surface area (Å²) >= 11 is 0. The minimum atomic E-state index is -1.02. The van der Waals surface area contributed by atoms with Crippen molar-refractivity contribution in [1.29, 1.82) is 0 Å². The maximum absolute atomic E-state index is 11.0. The van der Waals surface area contributed by atoms with E-state index in [1.165, 1.54) is 0 Å². The Morgan fingerprint density at radius 3 is 1.30 bits per heavy atom. The number of hydrogen-bond donors (Lipinski definition) is 1. The zero-order valence-electron chi connectivity index (χ0n) is 31.4. The lowest BCUT2D eigenvalue weighted by atomic mass is 9.90. The summed E-state index contributed by atoms with van der Waals surface area (Å²) in [6.45, 7) is 4.00. The van der Waals surface area contributed by atoms with Crippen molar-refractivity contribution < 1.29 is 28.8 Å². The van der Waals surface area contributed by atoms with Crippen molar-refractivity contribution in [2.24, 2.45) is 0 Å². The first kappa shape index (κ1) is 37.3. The van der Waals surface area contributed by atoms with E-state index in [1.54, 1.807) is 6.07 Å². The average Bonchev–Trinajstić information content (AvgIpc) is 3.23. The number of para-hydroxylation sites is 2. The van der Waals surface area contributed by atoms with Crippen LogP contribution in [0.3, 0.4) is 0 Å². The summed E-state index contributed by atoms with van der Waals surface area (Å²) in [5, 5.41) is 9.03. The van der Waals surface area contributed by atoms with Gasteiger partial charge in [0.25, 0.3) is 0 Å². The van der Waals surface area contributed by atoms with Crippen LogP contribution in [-0.2, 0) is 4.79 Å². The van der Waals surface area contributed by atoms with E-state index in [1.807, 2.05) is 104 Å². The Balaban J connectivity index is 1.15. The monoisotopic (exact) mass is 738 g/mol. The second-order valence-electron chi connectivity index (χ2n) is 13.3. The minimum Gasteiger partial charge on any atom is -0.489 e. The van der Waals surface area contributed by atoms with Crippen LogP contribution in [0.1, 0.15) is 30.0 Å². The standard InChI is InChI=1S/C50H42O6/c1-3-36(33-53-47-30-31-48(35(2)32-47)54-34-49(51)52)50(41-18-14-37(15-19-41)39-22-26-45(27-23-39)55-43-10-6-4-7-11-43)42-20-16-38(17-21-42)40-24-28-46(29-25-40)56-44-12-8-5-9-13-44/h4-32H,3,33-34H2,1-2H3,(H,51,52). The summed E-state index contributed by atoms with van der Waals surface area (Å²) in [4.78, 5) is 11.0. The minimum absolute atomic E-state index is 0.371. The summed E-state index contributed by atoms with van der Waals surface area (Å²) < 4.78 is 23.8. The number of ether oxygens (including phenoxy) is 4. The van der Waals surface area contributed by atoms with Gasteiger partial charge in [-0.3, -0.25) is 0 Å². The molecule has 0 saturated carbocycles. The highest BCUT2D eigenvalue weighted by atomic mass is 16.5. The fourth-order valence-corrected chi connectivity index (χ4v) is 6.45. The molecule has 6 heteroatoms. The molecule has 0 aliphatic carbocycles. The largest absolute Gasteiger partial charge is 0.489 e. The number of hydrogen-bond acceptors (Lipinski definition) is 5. The van der Waals surface area contributed by atoms with Gasteiger partial charge in [-0.2, -0.15) is 0 Å². The molecule has 56 heavy (non-hydrogen) atoms. The molecular weight excluding hydrogens is 697 g/mol. The molecule has 1 N–H and O–H groups in total. The third-order valence-corrected chi connectivity index (χ3v) is 9.37. The molecule has 6 nitrogen and oxygen atoms in total. The van der Waals surface area contributed by atoms with Crippen LogP contribution in [0, 0.1) is 6.92 Å². The lowest BCUT2D eigenvalue weighted by Crippen LogP contribution is -2.10. The second kappa shape index (κ2) is 17.9. The third-order valence-electron chi connectivity index (χ3n) is 9.37. The van der Waals surface area contributed by atoms with Crippen molar-refractivity contribution in [1.82, 2.24) is 0 Å². The molecule has 0 aliphatic heterocycles. The van der Waals surface area contributed by atoms with Crippen molar-refractivity contribution in [3.8, 4) is 56.8 Å². The number of benzene rings is 7. The maximum Gasteiger partial charge on any atom is 0.341 e. The number of carboxylic acids is 1. The van der Waals surface area contributed by atoms with E-state index in [2.05, 4.69) is 79.7 Å². The van der Waals surface area contributed by atoms with Gasteiger partial charge in [-0.25, -0.2) is 4.79 Å². The molecule has 0 aromatic heterocycles. The van der Waals surface area contributed by atoms with Gasteiger partial charge in [-0.15, -0.1) is 0 Å². The molecule has 278 valence electrons. The first-order valence-electron chi connectivity index (χ1n) is 18.6. The van der Waals surface area contributed by atoms with Crippen LogP contribution in [0.2, 0.25) is 0 Å². The SMILES string of the molecule is CCC(COc1ccc(OCC(=O)O)c(C)c1)=C(c1ccc(-c2ccc(Oc3ccccc3)cc2)cc1)c1ccc(-c2ccc(Oc3ccccc3)cc2)cc1. The number of aliphatic carboxylic acids is 1. The van der Waals surface area contributed by atoms with Gasteiger partial charge in [0.15, 0.2) is 6.61 Å². The van der Waals surface area contributed by atoms with Crippen molar-refractivity contribution in [2.45, 2.75) is 20.3 Å². The maximum atomic E-state index is 11.0. The van der Waals surface area contributed by atoms with E-state index in [0.29, 0.717) is 18.1 Å². The van der Waals surface area contributed by atoms with Gasteiger partial charge in [-0.1, -0.05) is 116 Å². The molecule has 7 rings (SSSR count). The molecular formula is C50H42O6. The molecule has 0 radical (unpaired) electrons. The van der Waals surface area contributed by atoms with Gasteiger partial charge in [-0.05, 0) is 130 Å². The quantitative estimate of drug-likeness (QED) is 0.113.